The van der Waals surface area contributed by atoms with Crippen LogP contribution in [0.3, 0.4) is 0 Å². The van der Waals surface area contributed by atoms with E-state index in [0.29, 0.717) is 37.2 Å². The van der Waals surface area contributed by atoms with E-state index in [9.17, 15) is 9.90 Å². The number of aliphatic hydroxyl groups is 1. The van der Waals surface area contributed by atoms with Crippen molar-refractivity contribution in [2.24, 2.45) is 5.92 Å². The highest BCUT2D eigenvalue weighted by Crippen LogP contribution is 2.20. The first kappa shape index (κ1) is 15.8. The maximum Gasteiger partial charge on any atom is 0.317 e. The van der Waals surface area contributed by atoms with Crippen molar-refractivity contribution >= 4 is 6.03 Å². The Hall–Kier alpha value is -1.56. The van der Waals surface area contributed by atoms with E-state index in [0.717, 1.165) is 18.5 Å². The summed E-state index contributed by atoms with van der Waals surface area (Å²) in [5, 5.41) is 16.4. The molecule has 1 fully saturated rings. The molecule has 0 aromatic carbocycles. The van der Waals surface area contributed by atoms with Gasteiger partial charge in [0, 0.05) is 19.2 Å². The molecule has 2 amide bonds. The highest BCUT2D eigenvalue weighted by atomic mass is 16.5. The number of likely N-dealkylation sites (tertiary alicyclic amines) is 1. The normalized spacial score (nSPS) is 18.0. The van der Waals surface area contributed by atoms with Crippen LogP contribution in [0.5, 0.6) is 0 Å². The first-order valence-electron chi connectivity index (χ1n) is 7.63. The van der Waals surface area contributed by atoms with Crippen molar-refractivity contribution in [3.05, 3.63) is 17.5 Å². The molecule has 2 N–H and O–H groups in total. The molecule has 0 saturated carbocycles. The predicted octanol–water partition coefficient (Wildman–Crippen LogP) is 2.10. The molecule has 6 heteroatoms. The summed E-state index contributed by atoms with van der Waals surface area (Å²) < 4.78 is 5.20. The summed E-state index contributed by atoms with van der Waals surface area (Å²) >= 11 is 0. The van der Waals surface area contributed by atoms with Crippen LogP contribution in [0.25, 0.3) is 0 Å². The molecule has 21 heavy (non-hydrogen) atoms. The third-order valence-electron chi connectivity index (χ3n) is 4.09. The van der Waals surface area contributed by atoms with Crippen molar-refractivity contribution in [2.75, 3.05) is 13.1 Å². The van der Waals surface area contributed by atoms with E-state index in [1.165, 1.54) is 0 Å². The molecular weight excluding hydrogens is 270 g/mol. The topological polar surface area (TPSA) is 78.6 Å². The van der Waals surface area contributed by atoms with Crippen LogP contribution in [-0.4, -0.2) is 40.4 Å². The fourth-order valence-electron chi connectivity index (χ4n) is 2.54. The number of hydrogen-bond donors (Lipinski definition) is 2. The average Bonchev–Trinajstić information content (AvgIpc) is 2.94. The van der Waals surface area contributed by atoms with Gasteiger partial charge in [-0.2, -0.15) is 0 Å². The maximum atomic E-state index is 12.1. The number of carbonyl (C=O) groups is 1. The van der Waals surface area contributed by atoms with Gasteiger partial charge in [-0.1, -0.05) is 19.0 Å². The zero-order valence-electron chi connectivity index (χ0n) is 13.0. The van der Waals surface area contributed by atoms with Gasteiger partial charge in [-0.15, -0.1) is 0 Å². The molecule has 1 aromatic rings. The molecule has 1 atom stereocenters. The minimum absolute atomic E-state index is 0.0819. The van der Waals surface area contributed by atoms with Crippen LogP contribution >= 0.6 is 0 Å². The Morgan fingerprint density at radius 2 is 2.14 bits per heavy atom. The lowest BCUT2D eigenvalue weighted by Crippen LogP contribution is -2.45. The zero-order chi connectivity index (χ0) is 15.4. The number of urea groups is 1. The zero-order valence-corrected chi connectivity index (χ0v) is 13.0. The summed E-state index contributed by atoms with van der Waals surface area (Å²) in [5.41, 5.74) is 0.900. The predicted molar refractivity (Wildman–Crippen MR) is 78.8 cm³/mol. The van der Waals surface area contributed by atoms with Gasteiger partial charge in [0.25, 0.3) is 0 Å². The Labute approximate surface area is 125 Å². The number of nitrogens with one attached hydrogen (secondary N) is 1. The van der Waals surface area contributed by atoms with Crippen molar-refractivity contribution in [1.82, 2.24) is 15.4 Å². The van der Waals surface area contributed by atoms with Gasteiger partial charge in [-0.25, -0.2) is 4.79 Å². The summed E-state index contributed by atoms with van der Waals surface area (Å²) in [4.78, 5) is 13.9. The van der Waals surface area contributed by atoms with E-state index in [-0.39, 0.29) is 12.1 Å². The number of piperidine rings is 1. The summed E-state index contributed by atoms with van der Waals surface area (Å²) in [6.45, 7) is 7.65. The van der Waals surface area contributed by atoms with E-state index in [1.807, 2.05) is 26.8 Å². The Bertz CT molecular complexity index is 462. The van der Waals surface area contributed by atoms with Crippen LogP contribution in [0, 0.1) is 5.92 Å². The third kappa shape index (κ3) is 4.20. The average molecular weight is 295 g/mol. The van der Waals surface area contributed by atoms with Crippen molar-refractivity contribution in [1.29, 1.82) is 0 Å². The molecular formula is C15H25N3O3. The Morgan fingerprint density at radius 3 is 2.67 bits per heavy atom. The number of nitrogens with zero attached hydrogens (tertiary/aromatic N) is 2. The second kappa shape index (κ2) is 6.93. The van der Waals surface area contributed by atoms with Gasteiger partial charge in [0.15, 0.2) is 5.76 Å². The molecule has 0 spiro atoms. The molecule has 0 bridgehead atoms. The van der Waals surface area contributed by atoms with Crippen molar-refractivity contribution in [3.8, 4) is 0 Å². The first-order valence-corrected chi connectivity index (χ1v) is 7.63. The van der Waals surface area contributed by atoms with Crippen LogP contribution in [0.4, 0.5) is 4.79 Å². The van der Waals surface area contributed by atoms with Gasteiger partial charge in [0.2, 0.25) is 0 Å². The van der Waals surface area contributed by atoms with E-state index >= 15 is 0 Å². The molecule has 1 aromatic heterocycles. The Morgan fingerprint density at radius 1 is 1.48 bits per heavy atom. The van der Waals surface area contributed by atoms with Gasteiger partial charge in [0.05, 0.1) is 18.3 Å². The lowest BCUT2D eigenvalue weighted by molar-refractivity contribution is 0.0797. The number of rotatable bonds is 4. The number of hydrogen-bond acceptors (Lipinski definition) is 4. The second-order valence-electron chi connectivity index (χ2n) is 6.10. The van der Waals surface area contributed by atoms with E-state index in [4.69, 9.17) is 4.52 Å². The molecule has 1 saturated heterocycles. The van der Waals surface area contributed by atoms with Gasteiger partial charge in [-0.3, -0.25) is 0 Å². The fraction of sp³-hybridized carbons (Fsp3) is 0.733. The van der Waals surface area contributed by atoms with Crippen molar-refractivity contribution in [2.45, 2.75) is 52.2 Å². The lowest BCUT2D eigenvalue weighted by atomic mass is 9.92. The minimum atomic E-state index is -0.293. The number of aliphatic hydroxyl groups excluding tert-OH is 1. The summed E-state index contributed by atoms with van der Waals surface area (Å²) in [7, 11) is 0. The SMILES string of the molecule is CC(C)c1cc(CNC(=O)N2CCC(C(C)O)CC2)on1. The Balaban J connectivity index is 1.77. The van der Waals surface area contributed by atoms with Gasteiger partial charge < -0.3 is 19.8 Å². The van der Waals surface area contributed by atoms with Crippen molar-refractivity contribution in [3.63, 3.8) is 0 Å². The largest absolute Gasteiger partial charge is 0.393 e. The van der Waals surface area contributed by atoms with Crippen LogP contribution < -0.4 is 5.32 Å². The number of aromatic nitrogens is 1. The smallest absolute Gasteiger partial charge is 0.317 e. The fourth-order valence-corrected chi connectivity index (χ4v) is 2.54. The quantitative estimate of drug-likeness (QED) is 0.891. The number of carbonyl (C=O) groups excluding carboxylic acids is 1. The van der Waals surface area contributed by atoms with Crippen LogP contribution in [-0.2, 0) is 6.54 Å². The maximum absolute atomic E-state index is 12.1. The van der Waals surface area contributed by atoms with Crippen LogP contribution in [0.1, 0.15) is 51.0 Å². The molecule has 1 unspecified atom stereocenters. The molecule has 2 heterocycles. The van der Waals surface area contributed by atoms with Crippen molar-refractivity contribution < 1.29 is 14.4 Å². The summed E-state index contributed by atoms with van der Waals surface area (Å²) in [6.07, 6.45) is 1.41. The van der Waals surface area contributed by atoms with Crippen LogP contribution in [0.2, 0.25) is 0 Å². The molecule has 0 aliphatic carbocycles. The van der Waals surface area contributed by atoms with E-state index < -0.39 is 0 Å². The highest BCUT2D eigenvalue weighted by molar-refractivity contribution is 5.74. The first-order chi connectivity index (χ1) is 9.97. The number of amides is 2. The second-order valence-corrected chi connectivity index (χ2v) is 6.10. The molecule has 2 rings (SSSR count). The molecule has 0 radical (unpaired) electrons. The molecule has 1 aliphatic heterocycles. The van der Waals surface area contributed by atoms with Gasteiger partial charge in [0.1, 0.15) is 0 Å². The van der Waals surface area contributed by atoms with Gasteiger partial charge >= 0.3 is 6.03 Å². The molecule has 6 nitrogen and oxygen atoms in total. The Kier molecular flexibility index (Phi) is 5.22. The summed E-state index contributed by atoms with van der Waals surface area (Å²) in [5.74, 6) is 1.29. The van der Waals surface area contributed by atoms with Crippen LogP contribution in [0.15, 0.2) is 10.6 Å². The molecule has 1 aliphatic rings. The third-order valence-corrected chi connectivity index (χ3v) is 4.09. The van der Waals surface area contributed by atoms with Gasteiger partial charge in [-0.05, 0) is 31.6 Å². The molecule has 118 valence electrons. The standard InChI is InChI=1S/C15H25N3O3/c1-10(2)14-8-13(21-17-14)9-16-15(20)18-6-4-12(5-7-18)11(3)19/h8,10-12,19H,4-7,9H2,1-3H3,(H,16,20). The summed E-state index contributed by atoms with van der Waals surface area (Å²) in [6, 6.07) is 1.80. The van der Waals surface area contributed by atoms with E-state index in [2.05, 4.69) is 10.5 Å². The highest BCUT2D eigenvalue weighted by Gasteiger charge is 2.25. The lowest BCUT2D eigenvalue weighted by Gasteiger charge is -2.33. The minimum Gasteiger partial charge on any atom is -0.393 e. The monoisotopic (exact) mass is 295 g/mol. The van der Waals surface area contributed by atoms with E-state index in [1.54, 1.807) is 4.90 Å².